The largest absolute Gasteiger partial charge is 0.354 e. The third kappa shape index (κ3) is 4.14. The molecule has 0 spiro atoms. The van der Waals surface area contributed by atoms with Crippen LogP contribution in [0.25, 0.3) is 0 Å². The van der Waals surface area contributed by atoms with Crippen molar-refractivity contribution in [3.05, 3.63) is 35.4 Å². The van der Waals surface area contributed by atoms with Crippen LogP contribution in [-0.2, 0) is 16.0 Å². The lowest BCUT2D eigenvalue weighted by Gasteiger charge is -2.51. The quantitative estimate of drug-likeness (QED) is 0.743. The molecule has 4 nitrogen and oxygen atoms in total. The lowest BCUT2D eigenvalue weighted by Crippen LogP contribution is -2.52. The average Bonchev–Trinajstić information content (AvgIpc) is 2.70. The summed E-state index contributed by atoms with van der Waals surface area (Å²) in [5.41, 5.74) is 8.98. The zero-order valence-electron chi connectivity index (χ0n) is 17.9. The summed E-state index contributed by atoms with van der Waals surface area (Å²) in [5, 5.41) is 3.19. The fourth-order valence-corrected chi connectivity index (χ4v) is 6.93. The predicted molar refractivity (Wildman–Crippen MR) is 115 cm³/mol. The molecule has 2 bridgehead atoms. The lowest BCUT2D eigenvalue weighted by molar-refractivity contribution is -0.123. The second-order valence-corrected chi connectivity index (χ2v) is 10.4. The van der Waals surface area contributed by atoms with Gasteiger partial charge in [-0.15, -0.1) is 0 Å². The molecule has 2 saturated carbocycles. The molecular weight excluding hydrogens is 360 g/mol. The molecule has 0 saturated heterocycles. The number of hydrogen-bond acceptors (Lipinski definition) is 3. The minimum Gasteiger partial charge on any atom is -0.354 e. The monoisotopic (exact) mass is 396 g/mol. The molecule has 1 aromatic rings. The number of carbonyl (C=O) groups is 2. The molecule has 3 N–H and O–H groups in total. The van der Waals surface area contributed by atoms with Gasteiger partial charge in [-0.25, -0.2) is 0 Å². The van der Waals surface area contributed by atoms with E-state index >= 15 is 0 Å². The fraction of sp³-hybridized carbons (Fsp3) is 0.680. The Morgan fingerprint density at radius 3 is 2.90 bits per heavy atom. The highest BCUT2D eigenvalue weighted by Crippen LogP contribution is 2.52. The van der Waals surface area contributed by atoms with Crippen LogP contribution >= 0.6 is 0 Å². The number of carbonyl (C=O) groups excluding carboxylic acids is 2. The van der Waals surface area contributed by atoms with Gasteiger partial charge in [0, 0.05) is 18.0 Å². The molecule has 1 aromatic carbocycles. The number of aldehydes is 1. The minimum atomic E-state index is -0.194. The molecule has 1 amide bonds. The highest BCUT2D eigenvalue weighted by molar-refractivity contribution is 5.84. The van der Waals surface area contributed by atoms with Crippen LogP contribution in [0.3, 0.4) is 0 Å². The van der Waals surface area contributed by atoms with Crippen LogP contribution in [0, 0.1) is 29.1 Å². The van der Waals surface area contributed by atoms with E-state index in [-0.39, 0.29) is 23.3 Å². The molecule has 7 atom stereocenters. The summed E-state index contributed by atoms with van der Waals surface area (Å²) < 4.78 is 0. The van der Waals surface area contributed by atoms with Crippen molar-refractivity contribution >= 4 is 12.2 Å². The Morgan fingerprint density at radius 2 is 2.10 bits per heavy atom. The summed E-state index contributed by atoms with van der Waals surface area (Å²) in [6.45, 7) is 4.96. The van der Waals surface area contributed by atoms with Crippen LogP contribution in [0.2, 0.25) is 0 Å². The number of fused-ring (bicyclic) bond motifs is 3. The van der Waals surface area contributed by atoms with Gasteiger partial charge >= 0.3 is 0 Å². The SMILES string of the molecule is CC1CC2CC(CC(C)(C=O)C2)C1C(N)CNC(=O)C1CCCc2ccccc21. The van der Waals surface area contributed by atoms with Crippen LogP contribution in [-0.4, -0.2) is 24.8 Å². The normalized spacial score (nSPS) is 37.3. The number of nitrogens with two attached hydrogens (primary N) is 1. The zero-order valence-corrected chi connectivity index (χ0v) is 17.9. The number of amides is 1. The summed E-state index contributed by atoms with van der Waals surface area (Å²) in [4.78, 5) is 24.7. The van der Waals surface area contributed by atoms with Gasteiger partial charge in [-0.3, -0.25) is 4.79 Å². The Labute approximate surface area is 175 Å². The van der Waals surface area contributed by atoms with E-state index in [0.29, 0.717) is 30.2 Å². The first kappa shape index (κ1) is 20.6. The molecule has 29 heavy (non-hydrogen) atoms. The minimum absolute atomic E-state index is 0.0478. The van der Waals surface area contributed by atoms with Crippen molar-refractivity contribution < 1.29 is 9.59 Å². The van der Waals surface area contributed by atoms with E-state index in [2.05, 4.69) is 37.4 Å². The molecule has 3 aliphatic rings. The second-order valence-electron chi connectivity index (χ2n) is 10.4. The predicted octanol–water partition coefficient (Wildman–Crippen LogP) is 3.83. The molecule has 0 aromatic heterocycles. The van der Waals surface area contributed by atoms with Crippen molar-refractivity contribution in [3.8, 4) is 0 Å². The van der Waals surface area contributed by atoms with Crippen LogP contribution in [0.4, 0.5) is 0 Å². The summed E-state index contributed by atoms with van der Waals surface area (Å²) >= 11 is 0. The topological polar surface area (TPSA) is 72.2 Å². The van der Waals surface area contributed by atoms with Crippen molar-refractivity contribution in [1.82, 2.24) is 5.32 Å². The summed E-state index contributed by atoms with van der Waals surface area (Å²) in [6, 6.07) is 8.29. The van der Waals surface area contributed by atoms with E-state index < -0.39 is 0 Å². The number of hydrogen-bond donors (Lipinski definition) is 2. The highest BCUT2D eigenvalue weighted by atomic mass is 16.1. The maximum Gasteiger partial charge on any atom is 0.227 e. The number of benzene rings is 1. The van der Waals surface area contributed by atoms with Crippen LogP contribution in [0.5, 0.6) is 0 Å². The van der Waals surface area contributed by atoms with Crippen LogP contribution in [0.1, 0.15) is 69.4 Å². The average molecular weight is 397 g/mol. The van der Waals surface area contributed by atoms with E-state index in [1.807, 2.05) is 6.07 Å². The smallest absolute Gasteiger partial charge is 0.227 e. The first-order valence-electron chi connectivity index (χ1n) is 11.5. The van der Waals surface area contributed by atoms with E-state index in [9.17, 15) is 9.59 Å². The zero-order chi connectivity index (χ0) is 20.6. The van der Waals surface area contributed by atoms with Gasteiger partial charge in [0.2, 0.25) is 5.91 Å². The third-order valence-corrected chi connectivity index (χ3v) is 8.00. The van der Waals surface area contributed by atoms with Gasteiger partial charge in [0.1, 0.15) is 6.29 Å². The summed E-state index contributed by atoms with van der Waals surface area (Å²) in [5.74, 6) is 2.15. The molecule has 158 valence electrons. The highest BCUT2D eigenvalue weighted by Gasteiger charge is 2.47. The van der Waals surface area contributed by atoms with Gasteiger partial charge in [0.05, 0.1) is 5.92 Å². The fourth-order valence-electron chi connectivity index (χ4n) is 6.93. The van der Waals surface area contributed by atoms with Gasteiger partial charge in [-0.2, -0.15) is 0 Å². The Hall–Kier alpha value is -1.68. The lowest BCUT2D eigenvalue weighted by atomic mass is 9.55. The van der Waals surface area contributed by atoms with Gasteiger partial charge in [0.25, 0.3) is 0 Å². The molecule has 0 radical (unpaired) electrons. The van der Waals surface area contributed by atoms with Crippen molar-refractivity contribution in [3.63, 3.8) is 0 Å². The van der Waals surface area contributed by atoms with Gasteiger partial charge in [0.15, 0.2) is 0 Å². The second kappa shape index (κ2) is 8.22. The van der Waals surface area contributed by atoms with Crippen molar-refractivity contribution in [2.24, 2.45) is 34.8 Å². The maximum absolute atomic E-state index is 13.0. The Morgan fingerprint density at radius 1 is 1.31 bits per heavy atom. The molecule has 4 heteroatoms. The first-order valence-corrected chi connectivity index (χ1v) is 11.5. The van der Waals surface area contributed by atoms with E-state index in [1.54, 1.807) is 0 Å². The molecule has 7 unspecified atom stereocenters. The van der Waals surface area contributed by atoms with Gasteiger partial charge < -0.3 is 15.8 Å². The standard InChI is InChI=1S/C25H36N2O2/c1-16-10-17-11-19(13-25(2,12-17)15-28)23(16)22(26)14-27-24(29)21-9-5-7-18-6-3-4-8-20(18)21/h3-4,6,8,15-17,19,21-23H,5,7,9-14,26H2,1-2H3,(H,27,29). The Kier molecular flexibility index (Phi) is 5.83. The van der Waals surface area contributed by atoms with Crippen LogP contribution < -0.4 is 11.1 Å². The van der Waals surface area contributed by atoms with Crippen LogP contribution in [0.15, 0.2) is 24.3 Å². The molecule has 2 fully saturated rings. The number of nitrogens with one attached hydrogen (secondary N) is 1. The maximum atomic E-state index is 13.0. The Balaban J connectivity index is 1.40. The first-order chi connectivity index (χ1) is 13.9. The summed E-state index contributed by atoms with van der Waals surface area (Å²) in [6.07, 6.45) is 8.54. The molecule has 3 aliphatic carbocycles. The Bertz CT molecular complexity index is 761. The molecule has 0 heterocycles. The van der Waals surface area contributed by atoms with Crippen molar-refractivity contribution in [2.75, 3.05) is 6.54 Å². The van der Waals surface area contributed by atoms with E-state index in [4.69, 9.17) is 5.73 Å². The number of aryl methyl sites for hydroxylation is 1. The third-order valence-electron chi connectivity index (χ3n) is 8.00. The molecule has 0 aliphatic heterocycles. The van der Waals surface area contributed by atoms with E-state index in [1.165, 1.54) is 23.8 Å². The van der Waals surface area contributed by atoms with Crippen molar-refractivity contribution in [1.29, 1.82) is 0 Å². The van der Waals surface area contributed by atoms with E-state index in [0.717, 1.165) is 38.5 Å². The van der Waals surface area contributed by atoms with Gasteiger partial charge in [-0.05, 0) is 79.7 Å². The molecule has 4 rings (SSSR count). The van der Waals surface area contributed by atoms with Gasteiger partial charge in [-0.1, -0.05) is 38.1 Å². The summed E-state index contributed by atoms with van der Waals surface area (Å²) in [7, 11) is 0. The van der Waals surface area contributed by atoms with Crippen molar-refractivity contribution in [2.45, 2.75) is 70.8 Å². The number of rotatable bonds is 5. The molecular formula is C25H36N2O2.